The first kappa shape index (κ1) is 22.9. The Labute approximate surface area is 158 Å². The van der Waals surface area contributed by atoms with Crippen LogP contribution < -0.4 is 10.6 Å². The second kappa shape index (κ2) is 13.2. The molecule has 7 heteroatoms. The van der Waals surface area contributed by atoms with Gasteiger partial charge in [-0.05, 0) is 40.0 Å². The molecule has 1 saturated heterocycles. The average molecular weight is 443 g/mol. The van der Waals surface area contributed by atoms with E-state index in [-0.39, 0.29) is 29.6 Å². The minimum atomic E-state index is -0.242. The standard InChI is InChI=1S/C16H33N3O3.HI/c1-5-17-15(19-13-16(2,3)20-4)18-9-6-10-22-14-7-11-21-12-8-14;/h14H,5-13H2,1-4H3,(H2,17,18,19);1H. The molecule has 0 unspecified atom stereocenters. The van der Waals surface area contributed by atoms with Crippen molar-refractivity contribution < 1.29 is 14.2 Å². The highest BCUT2D eigenvalue weighted by molar-refractivity contribution is 14.0. The Morgan fingerprint density at radius 2 is 1.96 bits per heavy atom. The zero-order chi connectivity index (χ0) is 16.3. The van der Waals surface area contributed by atoms with Gasteiger partial charge >= 0.3 is 0 Å². The summed E-state index contributed by atoms with van der Waals surface area (Å²) in [5.74, 6) is 0.832. The van der Waals surface area contributed by atoms with E-state index >= 15 is 0 Å². The molecule has 0 spiro atoms. The molecule has 1 rings (SSSR count). The molecule has 2 N–H and O–H groups in total. The van der Waals surface area contributed by atoms with Crippen molar-refractivity contribution in [1.29, 1.82) is 0 Å². The Morgan fingerprint density at radius 1 is 1.26 bits per heavy atom. The number of ether oxygens (including phenoxy) is 3. The monoisotopic (exact) mass is 443 g/mol. The van der Waals surface area contributed by atoms with Crippen LogP contribution in [-0.2, 0) is 14.2 Å². The molecule has 0 atom stereocenters. The topological polar surface area (TPSA) is 64.1 Å². The summed E-state index contributed by atoms with van der Waals surface area (Å²) in [6.07, 6.45) is 3.38. The molecule has 1 aliphatic heterocycles. The van der Waals surface area contributed by atoms with Crippen molar-refractivity contribution in [3.8, 4) is 0 Å². The summed E-state index contributed by atoms with van der Waals surface area (Å²) in [5.41, 5.74) is -0.242. The number of rotatable bonds is 9. The molecule has 6 nitrogen and oxygen atoms in total. The lowest BCUT2D eigenvalue weighted by Crippen LogP contribution is -2.39. The Bertz CT molecular complexity index is 322. The first-order chi connectivity index (χ1) is 10.6. The lowest BCUT2D eigenvalue weighted by molar-refractivity contribution is -0.0320. The van der Waals surface area contributed by atoms with Gasteiger partial charge in [-0.15, -0.1) is 24.0 Å². The van der Waals surface area contributed by atoms with Crippen molar-refractivity contribution in [3.05, 3.63) is 0 Å². The van der Waals surface area contributed by atoms with Gasteiger partial charge < -0.3 is 24.8 Å². The number of hydrogen-bond donors (Lipinski definition) is 2. The molecule has 0 saturated carbocycles. The molecule has 1 aliphatic rings. The second-order valence-corrected chi connectivity index (χ2v) is 6.12. The van der Waals surface area contributed by atoms with E-state index in [4.69, 9.17) is 14.2 Å². The first-order valence-electron chi connectivity index (χ1n) is 8.34. The summed E-state index contributed by atoms with van der Waals surface area (Å²) in [6.45, 7) is 10.9. The fraction of sp³-hybridized carbons (Fsp3) is 0.938. The molecule has 1 heterocycles. The van der Waals surface area contributed by atoms with Gasteiger partial charge in [-0.1, -0.05) is 0 Å². The minimum absolute atomic E-state index is 0. The third-order valence-corrected chi connectivity index (χ3v) is 3.65. The zero-order valence-electron chi connectivity index (χ0n) is 15.0. The highest BCUT2D eigenvalue weighted by Crippen LogP contribution is 2.10. The summed E-state index contributed by atoms with van der Waals surface area (Å²) in [7, 11) is 1.71. The van der Waals surface area contributed by atoms with Crippen molar-refractivity contribution in [2.75, 3.05) is 46.6 Å². The smallest absolute Gasteiger partial charge is 0.191 e. The van der Waals surface area contributed by atoms with Gasteiger partial charge in [-0.25, -0.2) is 0 Å². The van der Waals surface area contributed by atoms with Gasteiger partial charge in [0.15, 0.2) is 5.96 Å². The molecule has 0 radical (unpaired) electrons. The number of methoxy groups -OCH3 is 1. The highest BCUT2D eigenvalue weighted by atomic mass is 127. The number of halogens is 1. The number of hydrogen-bond acceptors (Lipinski definition) is 4. The fourth-order valence-corrected chi connectivity index (χ4v) is 2.05. The van der Waals surface area contributed by atoms with Crippen molar-refractivity contribution in [1.82, 2.24) is 10.6 Å². The van der Waals surface area contributed by atoms with Crippen molar-refractivity contribution in [3.63, 3.8) is 0 Å². The van der Waals surface area contributed by atoms with E-state index in [2.05, 4.69) is 22.5 Å². The highest BCUT2D eigenvalue weighted by Gasteiger charge is 2.16. The molecular formula is C16H34IN3O3. The van der Waals surface area contributed by atoms with Crippen molar-refractivity contribution in [2.24, 2.45) is 4.99 Å². The van der Waals surface area contributed by atoms with Gasteiger partial charge in [-0.3, -0.25) is 4.99 Å². The molecule has 138 valence electrons. The molecule has 0 aromatic rings. The van der Waals surface area contributed by atoms with Crippen LogP contribution in [0.1, 0.15) is 40.0 Å². The lowest BCUT2D eigenvalue weighted by atomic mass is 10.1. The third-order valence-electron chi connectivity index (χ3n) is 3.65. The van der Waals surface area contributed by atoms with Crippen LogP contribution in [0.3, 0.4) is 0 Å². The minimum Gasteiger partial charge on any atom is -0.381 e. The zero-order valence-corrected chi connectivity index (χ0v) is 17.4. The molecular weight excluding hydrogens is 409 g/mol. The molecule has 23 heavy (non-hydrogen) atoms. The third kappa shape index (κ3) is 11.1. The van der Waals surface area contributed by atoms with Gasteiger partial charge in [0.1, 0.15) is 0 Å². The van der Waals surface area contributed by atoms with Gasteiger partial charge in [-0.2, -0.15) is 0 Å². The second-order valence-electron chi connectivity index (χ2n) is 6.12. The average Bonchev–Trinajstić information content (AvgIpc) is 2.53. The van der Waals surface area contributed by atoms with Crippen LogP contribution in [0.2, 0.25) is 0 Å². The summed E-state index contributed by atoms with van der Waals surface area (Å²) in [6, 6.07) is 0. The Balaban J connectivity index is 0.00000484. The summed E-state index contributed by atoms with van der Waals surface area (Å²) >= 11 is 0. The van der Waals surface area contributed by atoms with Crippen LogP contribution in [-0.4, -0.2) is 64.2 Å². The number of nitrogens with zero attached hydrogens (tertiary/aromatic N) is 1. The number of nitrogens with one attached hydrogen (secondary N) is 2. The van der Waals surface area contributed by atoms with Crippen LogP contribution in [0.5, 0.6) is 0 Å². The van der Waals surface area contributed by atoms with Crippen molar-refractivity contribution >= 4 is 29.9 Å². The van der Waals surface area contributed by atoms with Crippen LogP contribution in [0.15, 0.2) is 4.99 Å². The van der Waals surface area contributed by atoms with Crippen LogP contribution in [0, 0.1) is 0 Å². The molecule has 0 amide bonds. The van der Waals surface area contributed by atoms with E-state index in [0.717, 1.165) is 58.1 Å². The first-order valence-corrected chi connectivity index (χ1v) is 8.34. The maximum absolute atomic E-state index is 5.86. The number of guanidine groups is 1. The Hall–Kier alpha value is -0.120. The molecule has 0 aromatic carbocycles. The van der Waals surface area contributed by atoms with Crippen LogP contribution in [0.4, 0.5) is 0 Å². The lowest BCUT2D eigenvalue weighted by Gasteiger charge is -2.22. The van der Waals surface area contributed by atoms with E-state index < -0.39 is 0 Å². The summed E-state index contributed by atoms with van der Waals surface area (Å²) in [4.78, 5) is 4.56. The summed E-state index contributed by atoms with van der Waals surface area (Å²) < 4.78 is 16.6. The predicted molar refractivity (Wildman–Crippen MR) is 105 cm³/mol. The Kier molecular flexibility index (Phi) is 13.1. The molecule has 0 aliphatic carbocycles. The van der Waals surface area contributed by atoms with Gasteiger partial charge in [0.05, 0.1) is 18.2 Å². The molecule has 1 fully saturated rings. The van der Waals surface area contributed by atoms with E-state index in [9.17, 15) is 0 Å². The maximum atomic E-state index is 5.86. The van der Waals surface area contributed by atoms with Gasteiger partial charge in [0.2, 0.25) is 0 Å². The quantitative estimate of drug-likeness (QED) is 0.248. The maximum Gasteiger partial charge on any atom is 0.191 e. The largest absolute Gasteiger partial charge is 0.381 e. The Morgan fingerprint density at radius 3 is 2.57 bits per heavy atom. The number of aliphatic imine (C=N–C) groups is 1. The SMILES string of the molecule is CCNC(=NCC(C)(C)OC)NCCCOC1CCOCC1.I. The van der Waals surface area contributed by atoms with Crippen LogP contribution >= 0.6 is 24.0 Å². The van der Waals surface area contributed by atoms with E-state index in [0.29, 0.717) is 12.6 Å². The normalized spacial score (nSPS) is 16.8. The molecule has 0 bridgehead atoms. The summed E-state index contributed by atoms with van der Waals surface area (Å²) in [5, 5.41) is 6.58. The fourth-order valence-electron chi connectivity index (χ4n) is 2.05. The molecule has 0 aromatic heterocycles. The van der Waals surface area contributed by atoms with Crippen molar-refractivity contribution in [2.45, 2.75) is 51.7 Å². The van der Waals surface area contributed by atoms with Crippen LogP contribution in [0.25, 0.3) is 0 Å². The van der Waals surface area contributed by atoms with E-state index in [1.807, 2.05) is 13.8 Å². The van der Waals surface area contributed by atoms with Gasteiger partial charge in [0, 0.05) is 40.0 Å². The van der Waals surface area contributed by atoms with E-state index in [1.54, 1.807) is 7.11 Å². The van der Waals surface area contributed by atoms with E-state index in [1.165, 1.54) is 0 Å². The van der Waals surface area contributed by atoms with Gasteiger partial charge in [0.25, 0.3) is 0 Å². The predicted octanol–water partition coefficient (Wildman–Crippen LogP) is 2.17.